The quantitative estimate of drug-likeness (QED) is 0.785. The smallest absolute Gasteiger partial charge is 0.244 e. The molecule has 1 aliphatic heterocycles. The van der Waals surface area contributed by atoms with Crippen molar-refractivity contribution in [2.24, 2.45) is 0 Å². The Morgan fingerprint density at radius 1 is 1.12 bits per heavy atom. The molecular weight excluding hydrogens is 352 g/mol. The van der Waals surface area contributed by atoms with Gasteiger partial charge in [0.05, 0.1) is 22.0 Å². The Hall–Kier alpha value is -2.15. The molecule has 0 unspecified atom stereocenters. The molecule has 0 spiro atoms. The van der Waals surface area contributed by atoms with E-state index in [1.807, 2.05) is 6.07 Å². The summed E-state index contributed by atoms with van der Waals surface area (Å²) in [5.41, 5.74) is 0.0411. The first-order valence-corrected chi connectivity index (χ1v) is 10.2. The van der Waals surface area contributed by atoms with Gasteiger partial charge in [-0.2, -0.15) is 9.57 Å². The van der Waals surface area contributed by atoms with Crippen LogP contribution in [0.25, 0.3) is 0 Å². The standard InChI is InChI=1S/C15H14N2O5S2/c16-8-12-4-1-2-6-15(12)24(20,21)17-9-14(10-17)23(18,19)11-13-5-3-7-22-13/h1-7,14H,9-11H2. The van der Waals surface area contributed by atoms with Crippen molar-refractivity contribution in [3.63, 3.8) is 0 Å². The average Bonchev–Trinajstić information content (AvgIpc) is 2.97. The van der Waals surface area contributed by atoms with Gasteiger partial charge in [0.1, 0.15) is 17.6 Å². The van der Waals surface area contributed by atoms with E-state index in [9.17, 15) is 16.8 Å². The van der Waals surface area contributed by atoms with Crippen molar-refractivity contribution in [2.75, 3.05) is 13.1 Å². The van der Waals surface area contributed by atoms with Crippen LogP contribution in [0.2, 0.25) is 0 Å². The Kier molecular flexibility index (Phi) is 4.21. The predicted molar refractivity (Wildman–Crippen MR) is 85.0 cm³/mol. The maximum atomic E-state index is 12.5. The largest absolute Gasteiger partial charge is 0.468 e. The minimum Gasteiger partial charge on any atom is -0.468 e. The summed E-state index contributed by atoms with van der Waals surface area (Å²) in [7, 11) is -7.38. The highest BCUT2D eigenvalue weighted by Crippen LogP contribution is 2.28. The van der Waals surface area contributed by atoms with Gasteiger partial charge in [0.15, 0.2) is 9.84 Å². The molecule has 1 fully saturated rings. The van der Waals surface area contributed by atoms with Crippen LogP contribution in [0, 0.1) is 11.3 Å². The second-order valence-electron chi connectivity index (χ2n) is 5.44. The first-order valence-electron chi connectivity index (χ1n) is 7.08. The van der Waals surface area contributed by atoms with Crippen LogP contribution in [-0.2, 0) is 25.6 Å². The van der Waals surface area contributed by atoms with Crippen molar-refractivity contribution in [3.05, 3.63) is 54.0 Å². The summed E-state index contributed by atoms with van der Waals surface area (Å²) in [5.74, 6) is 0.0685. The van der Waals surface area contributed by atoms with Gasteiger partial charge in [0.2, 0.25) is 10.0 Å². The predicted octanol–water partition coefficient (Wildman–Crippen LogP) is 1.14. The van der Waals surface area contributed by atoms with E-state index in [0.717, 1.165) is 4.31 Å². The molecule has 3 rings (SSSR count). The van der Waals surface area contributed by atoms with Gasteiger partial charge in [-0.1, -0.05) is 12.1 Å². The van der Waals surface area contributed by atoms with Gasteiger partial charge in [-0.3, -0.25) is 0 Å². The average molecular weight is 366 g/mol. The van der Waals surface area contributed by atoms with Crippen LogP contribution in [0.4, 0.5) is 0 Å². The van der Waals surface area contributed by atoms with Crippen molar-refractivity contribution < 1.29 is 21.3 Å². The molecule has 126 valence electrons. The van der Waals surface area contributed by atoms with Crippen LogP contribution in [0.1, 0.15) is 11.3 Å². The number of nitrogens with zero attached hydrogens (tertiary/aromatic N) is 2. The minimum absolute atomic E-state index is 0.0411. The van der Waals surface area contributed by atoms with Crippen LogP contribution in [0.3, 0.4) is 0 Å². The van der Waals surface area contributed by atoms with Gasteiger partial charge in [0, 0.05) is 13.1 Å². The van der Waals surface area contributed by atoms with Crippen molar-refractivity contribution in [2.45, 2.75) is 15.9 Å². The second kappa shape index (κ2) is 6.05. The van der Waals surface area contributed by atoms with E-state index in [1.54, 1.807) is 18.2 Å². The first-order chi connectivity index (χ1) is 11.3. The zero-order valence-corrected chi connectivity index (χ0v) is 14.1. The Morgan fingerprint density at radius 2 is 1.83 bits per heavy atom. The summed E-state index contributed by atoms with van der Waals surface area (Å²) in [4.78, 5) is -0.102. The lowest BCUT2D eigenvalue weighted by atomic mass is 10.2. The fraction of sp³-hybridized carbons (Fsp3) is 0.267. The number of rotatable bonds is 5. The molecule has 1 aromatic heterocycles. The molecule has 7 nitrogen and oxygen atoms in total. The lowest BCUT2D eigenvalue weighted by Crippen LogP contribution is -2.56. The Bertz CT molecular complexity index is 983. The summed E-state index contributed by atoms with van der Waals surface area (Å²) in [6.07, 6.45) is 1.39. The van der Waals surface area contributed by atoms with Crippen LogP contribution in [0.15, 0.2) is 52.0 Å². The molecule has 1 aliphatic rings. The van der Waals surface area contributed by atoms with Crippen molar-refractivity contribution in [3.8, 4) is 6.07 Å². The molecule has 0 bridgehead atoms. The molecule has 2 heterocycles. The van der Waals surface area contributed by atoms with E-state index < -0.39 is 25.1 Å². The molecule has 0 amide bonds. The highest BCUT2D eigenvalue weighted by atomic mass is 32.2. The van der Waals surface area contributed by atoms with Crippen LogP contribution in [-0.4, -0.2) is 39.5 Å². The fourth-order valence-corrected chi connectivity index (χ4v) is 5.93. The molecule has 0 N–H and O–H groups in total. The summed E-state index contributed by atoms with van der Waals surface area (Å²) < 4.78 is 55.8. The van der Waals surface area contributed by atoms with E-state index in [2.05, 4.69) is 0 Å². The van der Waals surface area contributed by atoms with Gasteiger partial charge < -0.3 is 4.42 Å². The van der Waals surface area contributed by atoms with Crippen LogP contribution < -0.4 is 0 Å². The van der Waals surface area contributed by atoms with E-state index in [4.69, 9.17) is 9.68 Å². The van der Waals surface area contributed by atoms with Crippen molar-refractivity contribution in [1.82, 2.24) is 4.31 Å². The topological polar surface area (TPSA) is 108 Å². The van der Waals surface area contributed by atoms with Crippen molar-refractivity contribution >= 4 is 19.9 Å². The van der Waals surface area contributed by atoms with Gasteiger partial charge in [-0.15, -0.1) is 0 Å². The third-order valence-electron chi connectivity index (χ3n) is 3.87. The molecule has 9 heteroatoms. The van der Waals surface area contributed by atoms with E-state index >= 15 is 0 Å². The Balaban J connectivity index is 1.75. The number of benzene rings is 1. The van der Waals surface area contributed by atoms with Gasteiger partial charge >= 0.3 is 0 Å². The maximum Gasteiger partial charge on any atom is 0.244 e. The van der Waals surface area contributed by atoms with Crippen molar-refractivity contribution in [1.29, 1.82) is 5.26 Å². The summed E-state index contributed by atoms with van der Waals surface area (Å²) >= 11 is 0. The molecule has 0 atom stereocenters. The monoisotopic (exact) mass is 366 g/mol. The number of sulfonamides is 1. The van der Waals surface area contributed by atoms with E-state index in [-0.39, 0.29) is 29.3 Å². The molecule has 0 radical (unpaired) electrons. The number of hydrogen-bond acceptors (Lipinski definition) is 6. The minimum atomic E-state index is -3.88. The number of nitriles is 1. The maximum absolute atomic E-state index is 12.5. The van der Waals surface area contributed by atoms with E-state index in [1.165, 1.54) is 24.5 Å². The Morgan fingerprint density at radius 3 is 2.46 bits per heavy atom. The molecule has 0 saturated carbocycles. The van der Waals surface area contributed by atoms with E-state index in [0.29, 0.717) is 5.76 Å². The second-order valence-corrected chi connectivity index (χ2v) is 9.63. The van der Waals surface area contributed by atoms with Gasteiger partial charge in [0.25, 0.3) is 0 Å². The van der Waals surface area contributed by atoms with Gasteiger partial charge in [-0.05, 0) is 24.3 Å². The normalized spacial score (nSPS) is 16.5. The number of furan rings is 1. The third-order valence-corrected chi connectivity index (χ3v) is 7.76. The zero-order valence-electron chi connectivity index (χ0n) is 12.5. The molecule has 1 saturated heterocycles. The molecular formula is C15H14N2O5S2. The molecule has 24 heavy (non-hydrogen) atoms. The molecule has 0 aliphatic carbocycles. The summed E-state index contributed by atoms with van der Waals surface area (Å²) in [6, 6.07) is 10.9. The summed E-state index contributed by atoms with van der Waals surface area (Å²) in [5, 5.41) is 8.27. The SMILES string of the molecule is N#Cc1ccccc1S(=O)(=O)N1CC(S(=O)(=O)Cc2ccco2)C1. The fourth-order valence-electron chi connectivity index (χ4n) is 2.46. The van der Waals surface area contributed by atoms with Gasteiger partial charge in [-0.25, -0.2) is 16.8 Å². The number of hydrogen-bond donors (Lipinski definition) is 0. The van der Waals surface area contributed by atoms with Crippen LogP contribution in [0.5, 0.6) is 0 Å². The highest BCUT2D eigenvalue weighted by molar-refractivity contribution is 7.92. The zero-order chi connectivity index (χ0) is 17.4. The first kappa shape index (κ1) is 16.7. The lowest BCUT2D eigenvalue weighted by Gasteiger charge is -2.37. The number of sulfone groups is 1. The Labute approximate surface area is 140 Å². The third kappa shape index (κ3) is 2.96. The summed E-state index contributed by atoms with van der Waals surface area (Å²) in [6.45, 7) is -0.240. The highest BCUT2D eigenvalue weighted by Gasteiger charge is 2.44. The molecule has 2 aromatic rings. The van der Waals surface area contributed by atoms with Crippen LogP contribution >= 0.6 is 0 Å². The lowest BCUT2D eigenvalue weighted by molar-refractivity contribution is 0.309. The molecule has 1 aromatic carbocycles.